The van der Waals surface area contributed by atoms with Gasteiger partial charge in [0, 0.05) is 17.2 Å². The summed E-state index contributed by atoms with van der Waals surface area (Å²) in [5.74, 6) is 1.33. The summed E-state index contributed by atoms with van der Waals surface area (Å²) >= 11 is 0. The van der Waals surface area contributed by atoms with Crippen molar-refractivity contribution >= 4 is 11.5 Å². The average Bonchev–Trinajstić information content (AvgIpc) is 2.83. The number of aromatic nitrogens is 2. The van der Waals surface area contributed by atoms with Gasteiger partial charge in [0.1, 0.15) is 0 Å². The first-order valence-electron chi connectivity index (χ1n) is 10.1. The zero-order valence-electron chi connectivity index (χ0n) is 17.2. The maximum atomic E-state index is 4.78. The first kappa shape index (κ1) is 19.5. The fourth-order valence-corrected chi connectivity index (χ4v) is 3.16. The van der Waals surface area contributed by atoms with Crippen molar-refractivity contribution in [1.29, 1.82) is 0 Å². The van der Waals surface area contributed by atoms with E-state index in [0.717, 1.165) is 34.5 Å². The van der Waals surface area contributed by atoms with Crippen LogP contribution >= 0.6 is 0 Å². The average molecular weight is 393 g/mol. The lowest BCUT2D eigenvalue weighted by molar-refractivity contribution is 1.14. The Bertz CT molecular complexity index is 1080. The fraction of sp³-hybridized carbons (Fsp3) is 0.115. The molecule has 0 aliphatic rings. The number of rotatable bonds is 6. The van der Waals surface area contributed by atoms with Gasteiger partial charge in [0.15, 0.2) is 11.6 Å². The van der Waals surface area contributed by atoms with Gasteiger partial charge in [0.2, 0.25) is 0 Å². The van der Waals surface area contributed by atoms with Crippen LogP contribution in [0, 0.1) is 0 Å². The monoisotopic (exact) mass is 392 g/mol. The molecule has 0 amide bonds. The summed E-state index contributed by atoms with van der Waals surface area (Å²) in [7, 11) is 0. The van der Waals surface area contributed by atoms with Crippen molar-refractivity contribution in [2.45, 2.75) is 20.3 Å². The van der Waals surface area contributed by atoms with Crippen LogP contribution in [0.3, 0.4) is 0 Å². The van der Waals surface area contributed by atoms with Gasteiger partial charge >= 0.3 is 0 Å². The molecular formula is C26H24N4. The van der Waals surface area contributed by atoms with Gasteiger partial charge in [0.25, 0.3) is 0 Å². The molecule has 0 spiro atoms. The lowest BCUT2D eigenvalue weighted by Crippen LogP contribution is -2.03. The third kappa shape index (κ3) is 4.61. The molecule has 1 heterocycles. The van der Waals surface area contributed by atoms with E-state index in [1.165, 1.54) is 5.56 Å². The summed E-state index contributed by atoms with van der Waals surface area (Å²) in [6, 6.07) is 30.5. The highest BCUT2D eigenvalue weighted by Gasteiger charge is 2.08. The molecule has 0 atom stereocenters. The summed E-state index contributed by atoms with van der Waals surface area (Å²) in [6.45, 7) is 4.15. The molecule has 4 heteroatoms. The van der Waals surface area contributed by atoms with E-state index in [4.69, 9.17) is 9.97 Å². The van der Waals surface area contributed by atoms with Gasteiger partial charge in [0.05, 0.1) is 11.4 Å². The Morgan fingerprint density at radius 1 is 0.800 bits per heavy atom. The predicted molar refractivity (Wildman–Crippen MR) is 125 cm³/mol. The number of nitrogens with zero attached hydrogens (tertiary/aromatic N) is 3. The second kappa shape index (κ2) is 9.14. The van der Waals surface area contributed by atoms with E-state index in [2.05, 4.69) is 41.7 Å². The van der Waals surface area contributed by atoms with Crippen LogP contribution in [0.2, 0.25) is 0 Å². The molecule has 3 aromatic carbocycles. The number of hydrazone groups is 1. The molecule has 0 bridgehead atoms. The summed E-state index contributed by atoms with van der Waals surface area (Å²) < 4.78 is 0. The van der Waals surface area contributed by atoms with Gasteiger partial charge in [-0.25, -0.2) is 9.97 Å². The third-order valence-electron chi connectivity index (χ3n) is 4.95. The molecule has 4 rings (SSSR count). The SMILES string of the molecule is CCc1ccc(C(C)=NNc2cc(-c3ccccc3)nc(-c3ccccc3)n2)cc1. The van der Waals surface area contributed by atoms with Crippen molar-refractivity contribution in [2.24, 2.45) is 5.10 Å². The predicted octanol–water partition coefficient (Wildman–Crippen LogP) is 6.21. The topological polar surface area (TPSA) is 50.2 Å². The van der Waals surface area contributed by atoms with Crippen molar-refractivity contribution in [3.63, 3.8) is 0 Å². The maximum absolute atomic E-state index is 4.78. The van der Waals surface area contributed by atoms with Crippen molar-refractivity contribution in [3.8, 4) is 22.6 Å². The molecule has 0 aliphatic carbocycles. The van der Waals surface area contributed by atoms with Gasteiger partial charge in [-0.05, 0) is 24.5 Å². The largest absolute Gasteiger partial charge is 0.261 e. The number of aryl methyl sites for hydroxylation is 1. The van der Waals surface area contributed by atoms with E-state index >= 15 is 0 Å². The second-order valence-electron chi connectivity index (χ2n) is 7.05. The highest BCUT2D eigenvalue weighted by atomic mass is 15.3. The molecule has 4 aromatic rings. The molecule has 1 aromatic heterocycles. The Labute approximate surface area is 177 Å². The van der Waals surface area contributed by atoms with Crippen LogP contribution < -0.4 is 5.43 Å². The molecule has 0 saturated carbocycles. The first-order valence-corrected chi connectivity index (χ1v) is 10.1. The standard InChI is InChI=1S/C26H24N4/c1-3-20-14-16-21(17-15-20)19(2)29-30-25-18-24(22-10-6-4-7-11-22)27-26(28-25)23-12-8-5-9-13-23/h4-18H,3H2,1-2H3,(H,27,28,30). The number of hydrogen-bond donors (Lipinski definition) is 1. The second-order valence-corrected chi connectivity index (χ2v) is 7.05. The molecule has 0 fully saturated rings. The van der Waals surface area contributed by atoms with E-state index in [1.54, 1.807) is 0 Å². The molecule has 0 saturated heterocycles. The van der Waals surface area contributed by atoms with Crippen LogP contribution in [-0.2, 0) is 6.42 Å². The molecule has 1 N–H and O–H groups in total. The number of benzene rings is 3. The smallest absolute Gasteiger partial charge is 0.162 e. The molecule has 30 heavy (non-hydrogen) atoms. The molecule has 0 unspecified atom stereocenters. The minimum Gasteiger partial charge on any atom is -0.261 e. The molecule has 0 radical (unpaired) electrons. The van der Waals surface area contributed by atoms with Gasteiger partial charge < -0.3 is 0 Å². The normalized spacial score (nSPS) is 11.3. The summed E-state index contributed by atoms with van der Waals surface area (Å²) in [4.78, 5) is 9.47. The Morgan fingerprint density at radius 3 is 2.07 bits per heavy atom. The summed E-state index contributed by atoms with van der Waals surface area (Å²) in [6.07, 6.45) is 1.03. The van der Waals surface area contributed by atoms with Gasteiger partial charge in [-0.2, -0.15) is 5.10 Å². The molecular weight excluding hydrogens is 368 g/mol. The van der Waals surface area contributed by atoms with Crippen molar-refractivity contribution in [3.05, 3.63) is 102 Å². The quantitative estimate of drug-likeness (QED) is 0.313. The Morgan fingerprint density at radius 2 is 1.43 bits per heavy atom. The van der Waals surface area contributed by atoms with Gasteiger partial charge in [-0.15, -0.1) is 0 Å². The van der Waals surface area contributed by atoms with Crippen molar-refractivity contribution in [2.75, 3.05) is 5.43 Å². The zero-order chi connectivity index (χ0) is 20.8. The molecule has 148 valence electrons. The third-order valence-corrected chi connectivity index (χ3v) is 4.95. The van der Waals surface area contributed by atoms with Crippen LogP contribution in [0.1, 0.15) is 25.0 Å². The summed E-state index contributed by atoms with van der Waals surface area (Å²) in [5, 5.41) is 4.57. The summed E-state index contributed by atoms with van der Waals surface area (Å²) in [5.41, 5.74) is 9.29. The van der Waals surface area contributed by atoms with Crippen LogP contribution in [0.15, 0.2) is 96.1 Å². The van der Waals surface area contributed by atoms with E-state index in [1.807, 2.05) is 73.7 Å². The highest BCUT2D eigenvalue weighted by molar-refractivity contribution is 5.99. The lowest BCUT2D eigenvalue weighted by atomic mass is 10.1. The lowest BCUT2D eigenvalue weighted by Gasteiger charge is -2.09. The van der Waals surface area contributed by atoms with E-state index in [0.29, 0.717) is 11.6 Å². The number of hydrogen-bond acceptors (Lipinski definition) is 4. The van der Waals surface area contributed by atoms with Crippen LogP contribution in [0.25, 0.3) is 22.6 Å². The Balaban J connectivity index is 1.68. The van der Waals surface area contributed by atoms with E-state index < -0.39 is 0 Å². The van der Waals surface area contributed by atoms with Gasteiger partial charge in [-0.1, -0.05) is 91.9 Å². The zero-order valence-corrected chi connectivity index (χ0v) is 17.2. The minimum absolute atomic E-state index is 0.659. The van der Waals surface area contributed by atoms with E-state index in [9.17, 15) is 0 Å². The minimum atomic E-state index is 0.659. The number of anilines is 1. The van der Waals surface area contributed by atoms with Crippen LogP contribution in [0.5, 0.6) is 0 Å². The molecule has 0 aliphatic heterocycles. The Kier molecular flexibility index (Phi) is 5.95. The maximum Gasteiger partial charge on any atom is 0.162 e. The molecule has 4 nitrogen and oxygen atoms in total. The number of nitrogens with one attached hydrogen (secondary N) is 1. The van der Waals surface area contributed by atoms with E-state index in [-0.39, 0.29) is 0 Å². The van der Waals surface area contributed by atoms with Gasteiger partial charge in [-0.3, -0.25) is 5.43 Å². The Hall–Kier alpha value is -3.79. The fourth-order valence-electron chi connectivity index (χ4n) is 3.16. The van der Waals surface area contributed by atoms with Crippen LogP contribution in [-0.4, -0.2) is 15.7 Å². The van der Waals surface area contributed by atoms with Crippen LogP contribution in [0.4, 0.5) is 5.82 Å². The van der Waals surface area contributed by atoms with Crippen molar-refractivity contribution in [1.82, 2.24) is 9.97 Å². The highest BCUT2D eigenvalue weighted by Crippen LogP contribution is 2.24. The van der Waals surface area contributed by atoms with Crippen molar-refractivity contribution < 1.29 is 0 Å². The first-order chi connectivity index (χ1) is 14.7.